The van der Waals surface area contributed by atoms with E-state index >= 15 is 0 Å². The lowest BCUT2D eigenvalue weighted by atomic mass is 10.5. The van der Waals surface area contributed by atoms with Crippen LogP contribution >= 0.6 is 33.3 Å². The number of carboxylic acid groups (broad SMARTS) is 2. The SMILES string of the molecule is C1=CSSC1.O=C(O)CCSCCC(=O)O. The van der Waals surface area contributed by atoms with E-state index in [4.69, 9.17) is 10.2 Å². The van der Waals surface area contributed by atoms with Crippen molar-refractivity contribution in [1.82, 2.24) is 0 Å². The van der Waals surface area contributed by atoms with E-state index in [1.165, 1.54) is 17.5 Å². The molecule has 0 saturated carbocycles. The van der Waals surface area contributed by atoms with Crippen LogP contribution < -0.4 is 0 Å². The normalized spacial score (nSPS) is 13.0. The molecule has 0 aromatic rings. The summed E-state index contributed by atoms with van der Waals surface area (Å²) in [6.07, 6.45) is 2.36. The molecule has 0 amide bonds. The van der Waals surface area contributed by atoms with Crippen molar-refractivity contribution in [3.8, 4) is 0 Å². The number of thioether (sulfide) groups is 1. The van der Waals surface area contributed by atoms with Gasteiger partial charge in [0.05, 0.1) is 12.8 Å². The van der Waals surface area contributed by atoms with Gasteiger partial charge in [-0.05, 0) is 5.41 Å². The van der Waals surface area contributed by atoms with Gasteiger partial charge in [-0.2, -0.15) is 11.8 Å². The fraction of sp³-hybridized carbons (Fsp3) is 0.556. The Kier molecular flexibility index (Phi) is 11.0. The monoisotopic (exact) mass is 282 g/mol. The van der Waals surface area contributed by atoms with E-state index < -0.39 is 11.9 Å². The highest BCUT2D eigenvalue weighted by Crippen LogP contribution is 2.27. The number of carboxylic acids is 2. The predicted octanol–water partition coefficient (Wildman–Crippen LogP) is 2.56. The molecular formula is C9H14O4S3. The second-order valence-corrected chi connectivity index (χ2v) is 6.20. The molecule has 0 fully saturated rings. The van der Waals surface area contributed by atoms with E-state index in [-0.39, 0.29) is 12.8 Å². The van der Waals surface area contributed by atoms with Gasteiger partial charge in [-0.3, -0.25) is 9.59 Å². The molecule has 92 valence electrons. The summed E-state index contributed by atoms with van der Waals surface area (Å²) in [4.78, 5) is 19.9. The summed E-state index contributed by atoms with van der Waals surface area (Å²) >= 11 is 1.35. The maximum atomic E-state index is 9.97. The van der Waals surface area contributed by atoms with Crippen LogP contribution in [0.5, 0.6) is 0 Å². The first kappa shape index (κ1) is 15.7. The van der Waals surface area contributed by atoms with Crippen LogP contribution in [0, 0.1) is 0 Å². The zero-order chi connectivity index (χ0) is 12.2. The molecule has 4 nitrogen and oxygen atoms in total. The number of rotatable bonds is 6. The topological polar surface area (TPSA) is 74.6 Å². The van der Waals surface area contributed by atoms with Crippen LogP contribution in [0.3, 0.4) is 0 Å². The molecule has 7 heteroatoms. The molecule has 1 aliphatic rings. The van der Waals surface area contributed by atoms with Crippen LogP contribution in [0.15, 0.2) is 11.5 Å². The molecule has 0 atom stereocenters. The van der Waals surface area contributed by atoms with Crippen molar-refractivity contribution in [2.45, 2.75) is 12.8 Å². The van der Waals surface area contributed by atoms with Crippen molar-refractivity contribution in [3.63, 3.8) is 0 Å². The molecule has 0 aromatic heterocycles. The number of hydrogen-bond donors (Lipinski definition) is 2. The Morgan fingerprint density at radius 3 is 2.00 bits per heavy atom. The molecule has 1 aliphatic heterocycles. The van der Waals surface area contributed by atoms with E-state index in [0.29, 0.717) is 11.5 Å². The summed E-state index contributed by atoms with van der Waals surface area (Å²) in [6.45, 7) is 0. The molecule has 0 bridgehead atoms. The minimum absolute atomic E-state index is 0.101. The average molecular weight is 282 g/mol. The Labute approximate surface area is 107 Å². The molecule has 0 aromatic carbocycles. The van der Waals surface area contributed by atoms with Gasteiger partial charge >= 0.3 is 11.9 Å². The minimum Gasteiger partial charge on any atom is -0.481 e. The van der Waals surface area contributed by atoms with E-state index in [9.17, 15) is 9.59 Å². The van der Waals surface area contributed by atoms with Gasteiger partial charge in [0.25, 0.3) is 0 Å². The minimum atomic E-state index is -0.840. The van der Waals surface area contributed by atoms with Crippen LogP contribution in [0.2, 0.25) is 0 Å². The molecule has 0 spiro atoms. The molecule has 1 heterocycles. The maximum Gasteiger partial charge on any atom is 0.304 e. The van der Waals surface area contributed by atoms with E-state index in [1.54, 1.807) is 0 Å². The average Bonchev–Trinajstić information content (AvgIpc) is 2.74. The highest BCUT2D eigenvalue weighted by Gasteiger charge is 1.98. The van der Waals surface area contributed by atoms with Gasteiger partial charge in [-0.15, -0.1) is 0 Å². The second kappa shape index (κ2) is 11.2. The third-order valence-electron chi connectivity index (χ3n) is 1.30. The number of aliphatic carboxylic acids is 2. The molecule has 0 unspecified atom stereocenters. The highest BCUT2D eigenvalue weighted by molar-refractivity contribution is 8.78. The van der Waals surface area contributed by atoms with Gasteiger partial charge in [0.1, 0.15) is 0 Å². The zero-order valence-corrected chi connectivity index (χ0v) is 11.1. The van der Waals surface area contributed by atoms with Crippen molar-refractivity contribution in [2.75, 3.05) is 17.3 Å². The summed E-state index contributed by atoms with van der Waals surface area (Å²) in [5, 5.41) is 18.5. The first-order chi connectivity index (χ1) is 7.63. The quantitative estimate of drug-likeness (QED) is 0.573. The lowest BCUT2D eigenvalue weighted by Crippen LogP contribution is -1.99. The molecule has 2 N–H and O–H groups in total. The molecule has 0 aliphatic carbocycles. The maximum absolute atomic E-state index is 9.97. The van der Waals surface area contributed by atoms with Crippen molar-refractivity contribution in [3.05, 3.63) is 11.5 Å². The summed E-state index contributed by atoms with van der Waals surface area (Å²) in [7, 11) is 3.69. The van der Waals surface area contributed by atoms with E-state index in [2.05, 4.69) is 11.5 Å². The van der Waals surface area contributed by atoms with Crippen LogP contribution in [0.25, 0.3) is 0 Å². The summed E-state index contributed by atoms with van der Waals surface area (Å²) < 4.78 is 0. The third-order valence-corrected chi connectivity index (χ3v) is 4.21. The highest BCUT2D eigenvalue weighted by atomic mass is 33.1. The second-order valence-electron chi connectivity index (χ2n) is 2.65. The third kappa shape index (κ3) is 13.7. The number of carbonyl (C=O) groups is 2. The molecule has 1 rings (SSSR count). The Hall–Kier alpha value is -0.270. The van der Waals surface area contributed by atoms with Gasteiger partial charge in [-0.25, -0.2) is 0 Å². The number of hydrogen-bond acceptors (Lipinski definition) is 5. The molecule has 0 saturated heterocycles. The fourth-order valence-electron chi connectivity index (χ4n) is 0.617. The first-order valence-corrected chi connectivity index (χ1v) is 8.11. The van der Waals surface area contributed by atoms with Crippen molar-refractivity contribution >= 4 is 45.3 Å². The lowest BCUT2D eigenvalue weighted by molar-refractivity contribution is -0.137. The zero-order valence-electron chi connectivity index (χ0n) is 8.63. The summed E-state index contributed by atoms with van der Waals surface area (Å²) in [5.41, 5.74) is 0. The van der Waals surface area contributed by atoms with Crippen molar-refractivity contribution in [1.29, 1.82) is 0 Å². The Balaban J connectivity index is 0.000000368. The summed E-state index contributed by atoms with van der Waals surface area (Å²) in [5.74, 6) is 0.497. The van der Waals surface area contributed by atoms with Gasteiger partial charge in [-0.1, -0.05) is 27.7 Å². The lowest BCUT2D eigenvalue weighted by Gasteiger charge is -1.94. The fourth-order valence-corrected chi connectivity index (χ4v) is 3.03. The van der Waals surface area contributed by atoms with Gasteiger partial charge in [0, 0.05) is 17.3 Å². The van der Waals surface area contributed by atoms with E-state index in [0.717, 1.165) is 0 Å². The van der Waals surface area contributed by atoms with E-state index in [1.807, 2.05) is 21.6 Å². The van der Waals surface area contributed by atoms with Crippen molar-refractivity contribution < 1.29 is 19.8 Å². The van der Waals surface area contributed by atoms with Gasteiger partial charge in [0.15, 0.2) is 0 Å². The molecule has 0 radical (unpaired) electrons. The van der Waals surface area contributed by atoms with Crippen LogP contribution in [0.4, 0.5) is 0 Å². The van der Waals surface area contributed by atoms with Crippen LogP contribution in [-0.4, -0.2) is 39.4 Å². The predicted molar refractivity (Wildman–Crippen MR) is 71.0 cm³/mol. The Bertz CT molecular complexity index is 221. The van der Waals surface area contributed by atoms with Crippen LogP contribution in [-0.2, 0) is 9.59 Å². The van der Waals surface area contributed by atoms with Crippen LogP contribution in [0.1, 0.15) is 12.8 Å². The standard InChI is InChI=1S/C6H10O4S.C3H4S2/c7-5(8)1-3-11-4-2-6(9)10;1-2-4-5-3-1/h1-4H2,(H,7,8)(H,9,10);1-2H,3H2. The van der Waals surface area contributed by atoms with Gasteiger partial charge < -0.3 is 10.2 Å². The molecule has 16 heavy (non-hydrogen) atoms. The first-order valence-electron chi connectivity index (χ1n) is 4.57. The molecular weight excluding hydrogens is 268 g/mol. The Morgan fingerprint density at radius 2 is 1.75 bits per heavy atom. The summed E-state index contributed by atoms with van der Waals surface area (Å²) in [6, 6.07) is 0. The largest absolute Gasteiger partial charge is 0.481 e. The Morgan fingerprint density at radius 1 is 1.19 bits per heavy atom. The van der Waals surface area contributed by atoms with Crippen molar-refractivity contribution in [2.24, 2.45) is 0 Å². The van der Waals surface area contributed by atoms with Gasteiger partial charge in [0.2, 0.25) is 0 Å². The smallest absolute Gasteiger partial charge is 0.304 e.